The SMILES string of the molecule is N#CC1COCCN1[C@@H]1[CH]O[C@H](CO)[C@@H](O)[C@@H]1O. The van der Waals surface area contributed by atoms with Crippen LogP contribution in [0.3, 0.4) is 0 Å². The van der Waals surface area contributed by atoms with Crippen molar-refractivity contribution in [2.45, 2.75) is 30.4 Å². The number of nitrogens with zero attached hydrogens (tertiary/aromatic N) is 2. The lowest BCUT2D eigenvalue weighted by Crippen LogP contribution is -2.62. The second-order valence-corrected chi connectivity index (χ2v) is 4.42. The van der Waals surface area contributed by atoms with Crippen LogP contribution in [0.5, 0.6) is 0 Å². The lowest BCUT2D eigenvalue weighted by molar-refractivity contribution is -0.167. The lowest BCUT2D eigenvalue weighted by atomic mass is 9.96. The minimum atomic E-state index is -1.17. The van der Waals surface area contributed by atoms with Crippen LogP contribution < -0.4 is 0 Å². The first-order valence-electron chi connectivity index (χ1n) is 5.88. The molecule has 2 rings (SSSR count). The van der Waals surface area contributed by atoms with Crippen molar-refractivity contribution in [3.63, 3.8) is 0 Å². The molecule has 0 spiro atoms. The molecule has 18 heavy (non-hydrogen) atoms. The summed E-state index contributed by atoms with van der Waals surface area (Å²) in [6.45, 7) is 2.23. The number of hydrogen-bond donors (Lipinski definition) is 3. The van der Waals surface area contributed by atoms with Gasteiger partial charge in [-0.25, -0.2) is 0 Å². The molecule has 1 unspecified atom stereocenters. The van der Waals surface area contributed by atoms with Crippen LogP contribution in [0.15, 0.2) is 0 Å². The molecule has 2 aliphatic heterocycles. The average Bonchev–Trinajstić information content (AvgIpc) is 2.42. The molecule has 7 heteroatoms. The van der Waals surface area contributed by atoms with Crippen LogP contribution in [-0.2, 0) is 9.47 Å². The molecule has 0 bridgehead atoms. The minimum absolute atomic E-state index is 0.271. The number of rotatable bonds is 2. The summed E-state index contributed by atoms with van der Waals surface area (Å²) in [4.78, 5) is 1.74. The van der Waals surface area contributed by atoms with E-state index in [4.69, 9.17) is 19.8 Å². The molecule has 5 atom stereocenters. The van der Waals surface area contributed by atoms with E-state index in [0.29, 0.717) is 13.2 Å². The molecule has 3 N–H and O–H groups in total. The monoisotopic (exact) mass is 257 g/mol. The van der Waals surface area contributed by atoms with Crippen molar-refractivity contribution < 1.29 is 24.8 Å². The summed E-state index contributed by atoms with van der Waals surface area (Å²) in [5, 5.41) is 37.8. The van der Waals surface area contributed by atoms with Gasteiger partial charge in [0.2, 0.25) is 0 Å². The Hall–Kier alpha value is -0.750. The molecule has 1 radical (unpaired) electrons. The van der Waals surface area contributed by atoms with Crippen molar-refractivity contribution in [1.29, 1.82) is 5.26 Å². The van der Waals surface area contributed by atoms with E-state index >= 15 is 0 Å². The van der Waals surface area contributed by atoms with Gasteiger partial charge in [0.15, 0.2) is 0 Å². The van der Waals surface area contributed by atoms with E-state index in [1.165, 1.54) is 6.61 Å². The molecule has 2 saturated heterocycles. The molecule has 0 saturated carbocycles. The normalized spacial score (nSPS) is 42.4. The van der Waals surface area contributed by atoms with Gasteiger partial charge < -0.3 is 24.8 Å². The molecule has 0 aromatic carbocycles. The Balaban J connectivity index is 2.06. The molecule has 7 nitrogen and oxygen atoms in total. The number of hydrogen-bond acceptors (Lipinski definition) is 7. The predicted molar refractivity (Wildman–Crippen MR) is 59.0 cm³/mol. The first-order chi connectivity index (χ1) is 8.69. The third-order valence-electron chi connectivity index (χ3n) is 3.36. The maximum atomic E-state index is 10.0. The average molecular weight is 257 g/mol. The van der Waals surface area contributed by atoms with Crippen LogP contribution in [-0.4, -0.2) is 77.0 Å². The van der Waals surface area contributed by atoms with Crippen LogP contribution >= 0.6 is 0 Å². The Morgan fingerprint density at radius 2 is 2.17 bits per heavy atom. The van der Waals surface area contributed by atoms with Crippen LogP contribution in [0.1, 0.15) is 0 Å². The molecule has 0 aliphatic carbocycles. The molecular formula is C11H17N2O5. The topological polar surface area (TPSA) is 106 Å². The van der Waals surface area contributed by atoms with Gasteiger partial charge in [0, 0.05) is 6.54 Å². The van der Waals surface area contributed by atoms with Gasteiger partial charge >= 0.3 is 0 Å². The minimum Gasteiger partial charge on any atom is -0.394 e. The fourth-order valence-electron chi connectivity index (χ4n) is 2.27. The van der Waals surface area contributed by atoms with Gasteiger partial charge in [-0.3, -0.25) is 4.90 Å². The number of morpholine rings is 1. The van der Waals surface area contributed by atoms with Crippen LogP contribution in [0.2, 0.25) is 0 Å². The molecule has 0 aromatic rings. The third-order valence-corrected chi connectivity index (χ3v) is 3.36. The quantitative estimate of drug-likeness (QED) is 0.518. The van der Waals surface area contributed by atoms with Gasteiger partial charge in [-0.2, -0.15) is 5.26 Å². The van der Waals surface area contributed by atoms with Crippen molar-refractivity contribution >= 4 is 0 Å². The second kappa shape index (κ2) is 5.93. The molecular weight excluding hydrogens is 240 g/mol. The highest BCUT2D eigenvalue weighted by Crippen LogP contribution is 2.25. The van der Waals surface area contributed by atoms with Gasteiger partial charge in [0.25, 0.3) is 0 Å². The highest BCUT2D eigenvalue weighted by molar-refractivity contribution is 5.04. The molecule has 0 aromatic heterocycles. The lowest BCUT2D eigenvalue weighted by Gasteiger charge is -2.44. The van der Waals surface area contributed by atoms with Crippen LogP contribution in [0.4, 0.5) is 0 Å². The third kappa shape index (κ3) is 2.49. The Morgan fingerprint density at radius 1 is 1.39 bits per heavy atom. The van der Waals surface area contributed by atoms with E-state index in [2.05, 4.69) is 6.07 Å². The van der Waals surface area contributed by atoms with Crippen molar-refractivity contribution in [2.75, 3.05) is 26.4 Å². The van der Waals surface area contributed by atoms with Crippen molar-refractivity contribution in [3.05, 3.63) is 6.61 Å². The summed E-state index contributed by atoms with van der Waals surface area (Å²) >= 11 is 0. The fourth-order valence-corrected chi connectivity index (χ4v) is 2.27. The van der Waals surface area contributed by atoms with E-state index in [-0.39, 0.29) is 13.2 Å². The molecule has 101 valence electrons. The first kappa shape index (κ1) is 13.7. The molecule has 2 fully saturated rings. The Labute approximate surface area is 105 Å². The van der Waals surface area contributed by atoms with Crippen LogP contribution in [0, 0.1) is 17.9 Å². The predicted octanol–water partition coefficient (Wildman–Crippen LogP) is -2.15. The molecule has 2 heterocycles. The number of aliphatic hydroxyl groups excluding tert-OH is 3. The van der Waals surface area contributed by atoms with Crippen molar-refractivity contribution in [1.82, 2.24) is 4.90 Å². The second-order valence-electron chi connectivity index (χ2n) is 4.42. The number of ether oxygens (including phenoxy) is 2. The summed E-state index contributed by atoms with van der Waals surface area (Å²) in [7, 11) is 0. The molecule has 0 amide bonds. The Bertz CT molecular complexity index is 321. The fraction of sp³-hybridized carbons (Fsp3) is 0.818. The zero-order valence-corrected chi connectivity index (χ0v) is 9.85. The number of nitriles is 1. The van der Waals surface area contributed by atoms with Gasteiger partial charge in [-0.1, -0.05) is 0 Å². The largest absolute Gasteiger partial charge is 0.394 e. The Morgan fingerprint density at radius 3 is 2.83 bits per heavy atom. The summed E-state index contributed by atoms with van der Waals surface area (Å²) in [5.41, 5.74) is 0. The highest BCUT2D eigenvalue weighted by Gasteiger charge is 2.43. The van der Waals surface area contributed by atoms with E-state index in [1.54, 1.807) is 4.90 Å². The van der Waals surface area contributed by atoms with Gasteiger partial charge in [0.05, 0.1) is 31.9 Å². The van der Waals surface area contributed by atoms with Gasteiger partial charge in [0.1, 0.15) is 31.0 Å². The number of aliphatic hydroxyl groups is 3. The van der Waals surface area contributed by atoms with Crippen LogP contribution in [0.25, 0.3) is 0 Å². The summed E-state index contributed by atoms with van der Waals surface area (Å²) < 4.78 is 10.4. The Kier molecular flexibility index (Phi) is 4.50. The van der Waals surface area contributed by atoms with E-state index < -0.39 is 30.4 Å². The standard InChI is InChI=1S/C11H17N2O5/c12-3-7-5-17-2-1-13(7)8-6-18-9(4-14)11(16)10(8)15/h6-11,14-16H,1-2,4-5H2/t7?,8-,9-,10-,11-/m1/s1. The smallest absolute Gasteiger partial charge is 0.122 e. The van der Waals surface area contributed by atoms with Crippen molar-refractivity contribution in [2.24, 2.45) is 0 Å². The van der Waals surface area contributed by atoms with E-state index in [9.17, 15) is 10.2 Å². The summed E-state index contributed by atoms with van der Waals surface area (Å²) in [6, 6.07) is 1.05. The maximum Gasteiger partial charge on any atom is 0.122 e. The molecule has 2 aliphatic rings. The van der Waals surface area contributed by atoms with Gasteiger partial charge in [-0.05, 0) is 0 Å². The zero-order chi connectivity index (χ0) is 13.1. The van der Waals surface area contributed by atoms with Gasteiger partial charge in [-0.15, -0.1) is 0 Å². The zero-order valence-electron chi connectivity index (χ0n) is 9.85. The van der Waals surface area contributed by atoms with Crippen molar-refractivity contribution in [3.8, 4) is 6.07 Å². The van der Waals surface area contributed by atoms with E-state index in [1.807, 2.05) is 0 Å². The first-order valence-corrected chi connectivity index (χ1v) is 5.88. The van der Waals surface area contributed by atoms with E-state index in [0.717, 1.165) is 0 Å². The summed E-state index contributed by atoms with van der Waals surface area (Å²) in [5.74, 6) is 0. The highest BCUT2D eigenvalue weighted by atomic mass is 16.5. The summed E-state index contributed by atoms with van der Waals surface area (Å²) in [6.07, 6.45) is -3.09. The maximum absolute atomic E-state index is 10.0.